The highest BCUT2D eigenvalue weighted by Crippen LogP contribution is 2.20. The van der Waals surface area contributed by atoms with Crippen LogP contribution >= 0.6 is 11.3 Å². The Balaban J connectivity index is 2.18. The Hall–Kier alpha value is -2.16. The molecule has 0 aliphatic rings. The van der Waals surface area contributed by atoms with Crippen LogP contribution in [0.2, 0.25) is 0 Å². The zero-order valence-corrected chi connectivity index (χ0v) is 12.3. The monoisotopic (exact) mass is 303 g/mol. The van der Waals surface area contributed by atoms with Crippen molar-refractivity contribution in [1.29, 1.82) is 0 Å². The van der Waals surface area contributed by atoms with Crippen LogP contribution in [0.4, 0.5) is 10.1 Å². The van der Waals surface area contributed by atoms with Crippen LogP contribution in [0.3, 0.4) is 0 Å². The largest absolute Gasteiger partial charge is 0.395 e. The molecule has 0 radical (unpaired) electrons. The predicted octanol–water partition coefficient (Wildman–Crippen LogP) is 3.18. The second-order valence-corrected chi connectivity index (χ2v) is 5.27. The molecule has 0 saturated heterocycles. The van der Waals surface area contributed by atoms with Gasteiger partial charge >= 0.3 is 0 Å². The van der Waals surface area contributed by atoms with Gasteiger partial charge in [0.15, 0.2) is 0 Å². The summed E-state index contributed by atoms with van der Waals surface area (Å²) in [6.45, 7) is 1.72. The van der Waals surface area contributed by atoms with Gasteiger partial charge in [0.05, 0.1) is 6.61 Å². The third-order valence-electron chi connectivity index (χ3n) is 2.77. The van der Waals surface area contributed by atoms with Gasteiger partial charge in [-0.05, 0) is 42.1 Å². The number of carbonyl (C=O) groups is 1. The zero-order valence-electron chi connectivity index (χ0n) is 11.4. The number of aliphatic hydroxyl groups is 1. The number of hydrogen-bond donors (Lipinski definition) is 2. The van der Waals surface area contributed by atoms with Crippen molar-refractivity contribution in [2.45, 2.75) is 13.3 Å². The van der Waals surface area contributed by atoms with E-state index in [-0.39, 0.29) is 18.3 Å². The van der Waals surface area contributed by atoms with E-state index in [1.807, 2.05) is 0 Å². The van der Waals surface area contributed by atoms with Crippen LogP contribution in [0.1, 0.15) is 27.2 Å². The highest BCUT2D eigenvalue weighted by atomic mass is 32.1. The van der Waals surface area contributed by atoms with Gasteiger partial charge in [-0.25, -0.2) is 4.39 Å². The molecule has 5 heteroatoms. The quantitative estimate of drug-likeness (QED) is 0.856. The molecule has 2 rings (SSSR count). The first kappa shape index (κ1) is 15.2. The fourth-order valence-electron chi connectivity index (χ4n) is 1.74. The van der Waals surface area contributed by atoms with E-state index in [1.165, 1.54) is 29.5 Å². The summed E-state index contributed by atoms with van der Waals surface area (Å²) in [5.41, 5.74) is 1.86. The third-order valence-corrected chi connectivity index (χ3v) is 3.68. The Morgan fingerprint density at radius 2 is 2.24 bits per heavy atom. The number of nitrogens with one attached hydrogen (secondary N) is 1. The molecule has 0 aliphatic carbocycles. The second kappa shape index (κ2) is 7.02. The number of hydrogen-bond acceptors (Lipinski definition) is 3. The first-order valence-electron chi connectivity index (χ1n) is 6.36. The van der Waals surface area contributed by atoms with Crippen LogP contribution in [-0.2, 0) is 0 Å². The molecule has 0 spiro atoms. The van der Waals surface area contributed by atoms with Crippen molar-refractivity contribution in [2.75, 3.05) is 11.9 Å². The first-order chi connectivity index (χ1) is 10.1. The van der Waals surface area contributed by atoms with E-state index >= 15 is 0 Å². The van der Waals surface area contributed by atoms with Gasteiger partial charge in [0.1, 0.15) is 10.7 Å². The maximum absolute atomic E-state index is 13.0. The van der Waals surface area contributed by atoms with Crippen molar-refractivity contribution in [3.05, 3.63) is 51.5 Å². The average Bonchev–Trinajstić information content (AvgIpc) is 2.91. The zero-order chi connectivity index (χ0) is 15.2. The summed E-state index contributed by atoms with van der Waals surface area (Å²) >= 11 is 1.29. The molecule has 3 nitrogen and oxygen atoms in total. The molecule has 0 bridgehead atoms. The summed E-state index contributed by atoms with van der Waals surface area (Å²) in [6, 6.07) is 5.97. The van der Waals surface area contributed by atoms with Crippen molar-refractivity contribution >= 4 is 22.9 Å². The highest BCUT2D eigenvalue weighted by Gasteiger charge is 2.13. The van der Waals surface area contributed by atoms with Crippen LogP contribution in [0, 0.1) is 24.6 Å². The minimum Gasteiger partial charge on any atom is -0.395 e. The molecular weight excluding hydrogens is 289 g/mol. The van der Waals surface area contributed by atoms with Crippen LogP contribution < -0.4 is 5.32 Å². The Morgan fingerprint density at radius 3 is 2.95 bits per heavy atom. The van der Waals surface area contributed by atoms with Gasteiger partial charge in [0, 0.05) is 17.7 Å². The van der Waals surface area contributed by atoms with Gasteiger partial charge in [0.2, 0.25) is 0 Å². The summed E-state index contributed by atoms with van der Waals surface area (Å²) < 4.78 is 13.0. The summed E-state index contributed by atoms with van der Waals surface area (Å²) in [4.78, 5) is 12.8. The molecule has 0 atom stereocenters. The Bertz CT molecular complexity index is 713. The molecule has 0 aliphatic heterocycles. The van der Waals surface area contributed by atoms with Gasteiger partial charge in [-0.2, -0.15) is 0 Å². The Kier molecular flexibility index (Phi) is 5.09. The minimum absolute atomic E-state index is 0.00651. The highest BCUT2D eigenvalue weighted by molar-refractivity contribution is 7.12. The van der Waals surface area contributed by atoms with Crippen molar-refractivity contribution in [2.24, 2.45) is 0 Å². The minimum atomic E-state index is -0.336. The van der Waals surface area contributed by atoms with Gasteiger partial charge in [-0.3, -0.25) is 4.79 Å². The lowest BCUT2D eigenvalue weighted by Crippen LogP contribution is -2.12. The number of benzene rings is 1. The number of anilines is 1. The Morgan fingerprint density at radius 1 is 1.43 bits per heavy atom. The molecule has 2 N–H and O–H groups in total. The fraction of sp³-hybridized carbons (Fsp3) is 0.188. The third kappa shape index (κ3) is 3.91. The first-order valence-corrected chi connectivity index (χ1v) is 7.24. The summed E-state index contributed by atoms with van der Waals surface area (Å²) in [6.07, 6.45) is 0.369. The van der Waals surface area contributed by atoms with Crippen molar-refractivity contribution in [1.82, 2.24) is 0 Å². The number of halogens is 1. The average molecular weight is 303 g/mol. The normalized spacial score (nSPS) is 9.86. The van der Waals surface area contributed by atoms with Gasteiger partial charge in [-0.15, -0.1) is 11.3 Å². The molecule has 1 aromatic carbocycles. The van der Waals surface area contributed by atoms with E-state index in [0.717, 1.165) is 0 Å². The summed E-state index contributed by atoms with van der Waals surface area (Å²) in [7, 11) is 0. The predicted molar refractivity (Wildman–Crippen MR) is 82.0 cm³/mol. The molecule has 1 heterocycles. The van der Waals surface area contributed by atoms with E-state index in [9.17, 15) is 9.18 Å². The maximum atomic E-state index is 13.0. The number of thiophene rings is 1. The topological polar surface area (TPSA) is 49.3 Å². The molecule has 1 aromatic heterocycles. The van der Waals surface area contributed by atoms with E-state index in [1.54, 1.807) is 18.4 Å². The molecule has 2 aromatic rings. The lowest BCUT2D eigenvalue weighted by molar-refractivity contribution is 0.103. The smallest absolute Gasteiger partial charge is 0.267 e. The SMILES string of the molecule is Cc1cc(F)ccc1NC(=O)c1sccc1C#CCCO. The molecule has 0 saturated carbocycles. The van der Waals surface area contributed by atoms with Gasteiger partial charge in [0.25, 0.3) is 5.91 Å². The molecule has 0 fully saturated rings. The fourth-order valence-corrected chi connectivity index (χ4v) is 2.49. The van der Waals surface area contributed by atoms with E-state index in [0.29, 0.717) is 28.1 Å². The second-order valence-electron chi connectivity index (χ2n) is 4.35. The number of aryl methyl sites for hydroxylation is 1. The van der Waals surface area contributed by atoms with E-state index < -0.39 is 0 Å². The number of aliphatic hydroxyl groups excluding tert-OH is 1. The van der Waals surface area contributed by atoms with Crippen molar-refractivity contribution < 1.29 is 14.3 Å². The van der Waals surface area contributed by atoms with Crippen LogP contribution in [0.15, 0.2) is 29.6 Å². The van der Waals surface area contributed by atoms with Crippen LogP contribution in [0.5, 0.6) is 0 Å². The van der Waals surface area contributed by atoms with E-state index in [2.05, 4.69) is 17.2 Å². The van der Waals surface area contributed by atoms with E-state index in [4.69, 9.17) is 5.11 Å². The summed E-state index contributed by atoms with van der Waals surface area (Å²) in [5, 5.41) is 13.3. The number of carbonyl (C=O) groups excluding carboxylic acids is 1. The molecular formula is C16H14FNO2S. The molecule has 1 amide bonds. The van der Waals surface area contributed by atoms with Crippen LogP contribution in [0.25, 0.3) is 0 Å². The van der Waals surface area contributed by atoms with Gasteiger partial charge < -0.3 is 10.4 Å². The Labute approximate surface area is 126 Å². The molecule has 21 heavy (non-hydrogen) atoms. The van der Waals surface area contributed by atoms with Crippen molar-refractivity contribution in [3.63, 3.8) is 0 Å². The van der Waals surface area contributed by atoms with Crippen LogP contribution in [-0.4, -0.2) is 17.6 Å². The molecule has 108 valence electrons. The summed E-state index contributed by atoms with van der Waals surface area (Å²) in [5.74, 6) is 5.05. The van der Waals surface area contributed by atoms with Crippen molar-refractivity contribution in [3.8, 4) is 11.8 Å². The van der Waals surface area contributed by atoms with Gasteiger partial charge in [-0.1, -0.05) is 11.8 Å². The molecule has 0 unspecified atom stereocenters. The number of rotatable bonds is 3. The maximum Gasteiger partial charge on any atom is 0.267 e. The standard InChI is InChI=1S/C16H14FNO2S/c1-11-10-13(17)5-6-14(11)18-16(20)15-12(7-9-21-15)4-2-3-8-19/h5-7,9-10,19H,3,8H2,1H3,(H,18,20). The number of amides is 1. The lowest BCUT2D eigenvalue weighted by Gasteiger charge is -2.07. The lowest BCUT2D eigenvalue weighted by atomic mass is 10.2.